The Kier molecular flexibility index (Phi) is 7.09. The van der Waals surface area contributed by atoms with E-state index >= 15 is 0 Å². The summed E-state index contributed by atoms with van der Waals surface area (Å²) in [5.74, 6) is 0.335. The van der Waals surface area contributed by atoms with Crippen LogP contribution in [0.25, 0.3) is 0 Å². The number of benzene rings is 2. The van der Waals surface area contributed by atoms with Crippen LogP contribution in [0.1, 0.15) is 5.56 Å². The highest BCUT2D eigenvalue weighted by Crippen LogP contribution is 2.22. The van der Waals surface area contributed by atoms with Crippen LogP contribution in [0, 0.1) is 0 Å². The van der Waals surface area contributed by atoms with Crippen molar-refractivity contribution in [3.05, 3.63) is 57.5 Å². The molecule has 6 nitrogen and oxygen atoms in total. The Hall–Kier alpha value is -2.25. The number of carbonyl (C=O) groups excluding carboxylic acids is 2. The van der Waals surface area contributed by atoms with Gasteiger partial charge in [-0.25, -0.2) is 4.79 Å². The molecular weight excluding hydrogens is 410 g/mol. The van der Waals surface area contributed by atoms with Crippen molar-refractivity contribution in [3.8, 4) is 5.75 Å². The highest BCUT2D eigenvalue weighted by Gasteiger charge is 2.08. The maximum Gasteiger partial charge on any atom is 0.315 e. The van der Waals surface area contributed by atoms with Crippen molar-refractivity contribution >= 4 is 45.2 Å². The topological polar surface area (TPSA) is 79.5 Å². The second-order valence-electron chi connectivity index (χ2n) is 5.05. The summed E-state index contributed by atoms with van der Waals surface area (Å²) in [5.41, 5.74) is 1.42. The Labute approximate surface area is 159 Å². The zero-order valence-corrected chi connectivity index (χ0v) is 15.8. The second-order valence-corrected chi connectivity index (χ2v) is 6.40. The van der Waals surface area contributed by atoms with E-state index in [4.69, 9.17) is 16.3 Å². The number of rotatable bonds is 6. The molecule has 132 valence electrons. The van der Waals surface area contributed by atoms with Gasteiger partial charge in [0, 0.05) is 27.3 Å². The molecule has 0 saturated heterocycles. The average Bonchev–Trinajstić information content (AvgIpc) is 2.60. The van der Waals surface area contributed by atoms with Crippen molar-refractivity contribution in [1.29, 1.82) is 0 Å². The van der Waals surface area contributed by atoms with E-state index in [2.05, 4.69) is 31.9 Å². The first-order chi connectivity index (χ1) is 12.0. The van der Waals surface area contributed by atoms with E-state index in [9.17, 15) is 9.59 Å². The fraction of sp³-hybridized carbons (Fsp3) is 0.176. The van der Waals surface area contributed by atoms with Crippen LogP contribution in [0.4, 0.5) is 10.5 Å². The van der Waals surface area contributed by atoms with Crippen LogP contribution >= 0.6 is 27.5 Å². The lowest BCUT2D eigenvalue weighted by Gasteiger charge is -2.11. The first-order valence-electron chi connectivity index (χ1n) is 7.37. The maximum absolute atomic E-state index is 11.8. The molecular formula is C17H17BrClN3O3. The molecule has 0 aliphatic rings. The largest absolute Gasteiger partial charge is 0.496 e. The molecule has 0 saturated carbocycles. The maximum atomic E-state index is 11.8. The number of hydrogen-bond acceptors (Lipinski definition) is 3. The highest BCUT2D eigenvalue weighted by molar-refractivity contribution is 9.10. The van der Waals surface area contributed by atoms with Gasteiger partial charge in [-0.2, -0.15) is 0 Å². The molecule has 0 aromatic heterocycles. The lowest BCUT2D eigenvalue weighted by molar-refractivity contribution is -0.115. The Morgan fingerprint density at radius 2 is 1.84 bits per heavy atom. The van der Waals surface area contributed by atoms with Crippen LogP contribution in [-0.4, -0.2) is 25.6 Å². The minimum atomic E-state index is -0.451. The molecule has 2 aromatic carbocycles. The lowest BCUT2D eigenvalue weighted by atomic mass is 10.2. The average molecular weight is 427 g/mol. The summed E-state index contributed by atoms with van der Waals surface area (Å²) >= 11 is 9.15. The summed E-state index contributed by atoms with van der Waals surface area (Å²) in [5, 5.41) is 8.41. The first kappa shape index (κ1) is 19.1. The van der Waals surface area contributed by atoms with Gasteiger partial charge in [0.1, 0.15) is 5.75 Å². The third kappa shape index (κ3) is 6.28. The normalized spacial score (nSPS) is 10.0. The zero-order valence-electron chi connectivity index (χ0n) is 13.4. The van der Waals surface area contributed by atoms with E-state index in [0.717, 1.165) is 10.0 Å². The number of urea groups is 1. The predicted octanol–water partition coefficient (Wildman–Crippen LogP) is 3.55. The number of nitrogens with one attached hydrogen (secondary N) is 3. The fourth-order valence-corrected chi connectivity index (χ4v) is 2.56. The molecule has 3 amide bonds. The van der Waals surface area contributed by atoms with Gasteiger partial charge in [-0.3, -0.25) is 4.79 Å². The Balaban J connectivity index is 1.78. The number of halogens is 2. The predicted molar refractivity (Wildman–Crippen MR) is 101 cm³/mol. The molecule has 0 spiro atoms. The molecule has 0 aliphatic heterocycles. The smallest absolute Gasteiger partial charge is 0.315 e. The van der Waals surface area contributed by atoms with Gasteiger partial charge < -0.3 is 20.7 Å². The van der Waals surface area contributed by atoms with Crippen molar-refractivity contribution in [2.24, 2.45) is 0 Å². The van der Waals surface area contributed by atoms with Crippen molar-refractivity contribution in [1.82, 2.24) is 10.6 Å². The SMILES string of the molecule is COc1ccc(Br)cc1CNC(=O)NCC(=O)Nc1ccc(Cl)cc1. The molecule has 0 bridgehead atoms. The van der Waals surface area contributed by atoms with Crippen molar-refractivity contribution in [3.63, 3.8) is 0 Å². The molecule has 0 unspecified atom stereocenters. The number of amides is 3. The number of methoxy groups -OCH3 is 1. The van der Waals surface area contributed by atoms with Gasteiger partial charge in [-0.15, -0.1) is 0 Å². The van der Waals surface area contributed by atoms with Gasteiger partial charge in [0.05, 0.1) is 13.7 Å². The van der Waals surface area contributed by atoms with E-state index < -0.39 is 6.03 Å². The molecule has 2 aromatic rings. The minimum absolute atomic E-state index is 0.149. The van der Waals surface area contributed by atoms with Gasteiger partial charge in [0.2, 0.25) is 5.91 Å². The van der Waals surface area contributed by atoms with E-state index in [-0.39, 0.29) is 19.0 Å². The van der Waals surface area contributed by atoms with Crippen LogP contribution in [0.2, 0.25) is 5.02 Å². The number of hydrogen-bond donors (Lipinski definition) is 3. The molecule has 8 heteroatoms. The summed E-state index contributed by atoms with van der Waals surface area (Å²) in [6.45, 7) is 0.122. The van der Waals surface area contributed by atoms with Gasteiger partial charge in [0.15, 0.2) is 0 Å². The Bertz CT molecular complexity index is 753. The summed E-state index contributed by atoms with van der Waals surface area (Å²) in [6.07, 6.45) is 0. The molecule has 0 aliphatic carbocycles. The Morgan fingerprint density at radius 1 is 1.12 bits per heavy atom. The highest BCUT2D eigenvalue weighted by atomic mass is 79.9. The van der Waals surface area contributed by atoms with Crippen molar-refractivity contribution in [2.75, 3.05) is 19.0 Å². The van der Waals surface area contributed by atoms with Crippen molar-refractivity contribution in [2.45, 2.75) is 6.54 Å². The number of carbonyl (C=O) groups is 2. The molecule has 0 heterocycles. The van der Waals surface area contributed by atoms with Gasteiger partial charge >= 0.3 is 6.03 Å². The van der Waals surface area contributed by atoms with Crippen LogP contribution < -0.4 is 20.7 Å². The van der Waals surface area contributed by atoms with Crippen LogP contribution in [-0.2, 0) is 11.3 Å². The molecule has 3 N–H and O–H groups in total. The number of anilines is 1. The zero-order chi connectivity index (χ0) is 18.2. The summed E-state index contributed by atoms with van der Waals surface area (Å²) in [6, 6.07) is 11.8. The van der Waals surface area contributed by atoms with E-state index in [1.54, 1.807) is 37.4 Å². The van der Waals surface area contributed by atoms with Crippen LogP contribution in [0.3, 0.4) is 0 Å². The lowest BCUT2D eigenvalue weighted by Crippen LogP contribution is -2.39. The van der Waals surface area contributed by atoms with Crippen LogP contribution in [0.15, 0.2) is 46.9 Å². The summed E-state index contributed by atoms with van der Waals surface area (Å²) in [7, 11) is 1.56. The summed E-state index contributed by atoms with van der Waals surface area (Å²) in [4.78, 5) is 23.6. The van der Waals surface area contributed by atoms with E-state index in [1.165, 1.54) is 0 Å². The second kappa shape index (κ2) is 9.29. The van der Waals surface area contributed by atoms with Crippen molar-refractivity contribution < 1.29 is 14.3 Å². The molecule has 0 fully saturated rings. The fourth-order valence-electron chi connectivity index (χ4n) is 2.02. The van der Waals surface area contributed by atoms with Gasteiger partial charge in [-0.05, 0) is 42.5 Å². The standard InChI is InChI=1S/C17H17BrClN3O3/c1-25-15-7-2-12(18)8-11(15)9-20-17(24)21-10-16(23)22-14-5-3-13(19)4-6-14/h2-8H,9-10H2,1H3,(H,22,23)(H2,20,21,24). The van der Waals surface area contributed by atoms with Gasteiger partial charge in [0.25, 0.3) is 0 Å². The molecule has 25 heavy (non-hydrogen) atoms. The molecule has 2 rings (SSSR count). The third-order valence-corrected chi connectivity index (χ3v) is 3.96. The minimum Gasteiger partial charge on any atom is -0.496 e. The van der Waals surface area contributed by atoms with E-state index in [0.29, 0.717) is 16.5 Å². The quantitative estimate of drug-likeness (QED) is 0.661. The monoisotopic (exact) mass is 425 g/mol. The third-order valence-electron chi connectivity index (χ3n) is 3.22. The Morgan fingerprint density at radius 3 is 2.52 bits per heavy atom. The van der Waals surface area contributed by atoms with Crippen LogP contribution in [0.5, 0.6) is 5.75 Å². The molecule has 0 radical (unpaired) electrons. The molecule has 0 atom stereocenters. The number of ether oxygens (including phenoxy) is 1. The van der Waals surface area contributed by atoms with E-state index in [1.807, 2.05) is 12.1 Å². The first-order valence-corrected chi connectivity index (χ1v) is 8.54. The van der Waals surface area contributed by atoms with Gasteiger partial charge in [-0.1, -0.05) is 27.5 Å². The summed E-state index contributed by atoms with van der Waals surface area (Å²) < 4.78 is 6.12.